The van der Waals surface area contributed by atoms with Crippen LogP contribution in [0.2, 0.25) is 0 Å². The molecular weight excluding hydrogens is 295 g/mol. The quantitative estimate of drug-likeness (QED) is 0.397. The molecule has 1 aliphatic carbocycles. The molecule has 1 rings (SSSR count). The third-order valence-electron chi connectivity index (χ3n) is 4.30. The summed E-state index contributed by atoms with van der Waals surface area (Å²) in [5.41, 5.74) is 0.778. The van der Waals surface area contributed by atoms with Crippen molar-refractivity contribution in [2.45, 2.75) is 51.3 Å². The Balaban J connectivity index is 2.31. The van der Waals surface area contributed by atoms with E-state index in [9.17, 15) is 4.79 Å². The van der Waals surface area contributed by atoms with Crippen LogP contribution in [0.15, 0.2) is 23.8 Å². The second-order valence-corrected chi connectivity index (χ2v) is 7.83. The Bertz CT molecular complexity index is 408. The van der Waals surface area contributed by atoms with E-state index in [0.717, 1.165) is 24.8 Å². The standard InChI is InChI=1S/C16H24Cl2O2/c1-11(6-5-7-12(2)10-14(19)20)8-9-13-15(3,4)16(13,17)18/h5,7,10-11,13H,6,8-9H2,1-4H3,(H,19,20)/b7-5+,12-10+. The van der Waals surface area contributed by atoms with Crippen molar-refractivity contribution in [1.82, 2.24) is 0 Å². The zero-order valence-electron chi connectivity index (χ0n) is 12.6. The van der Waals surface area contributed by atoms with Gasteiger partial charge in [-0.15, -0.1) is 23.2 Å². The first-order valence-corrected chi connectivity index (χ1v) is 7.80. The molecule has 1 saturated carbocycles. The molecule has 0 saturated heterocycles. The number of alkyl halides is 2. The summed E-state index contributed by atoms with van der Waals surface area (Å²) in [5, 5.41) is 8.61. The zero-order valence-corrected chi connectivity index (χ0v) is 14.1. The fourth-order valence-corrected chi connectivity index (χ4v) is 3.52. The summed E-state index contributed by atoms with van der Waals surface area (Å²) >= 11 is 12.5. The van der Waals surface area contributed by atoms with Crippen LogP contribution in [0.5, 0.6) is 0 Å². The van der Waals surface area contributed by atoms with Gasteiger partial charge in [0.15, 0.2) is 0 Å². The number of aliphatic carboxylic acids is 1. The summed E-state index contributed by atoms with van der Waals surface area (Å²) in [6, 6.07) is 0. The van der Waals surface area contributed by atoms with E-state index in [0.29, 0.717) is 11.8 Å². The van der Waals surface area contributed by atoms with Crippen LogP contribution in [0, 0.1) is 17.3 Å². The highest BCUT2D eigenvalue weighted by atomic mass is 35.5. The van der Waals surface area contributed by atoms with Gasteiger partial charge in [0.05, 0.1) is 0 Å². The summed E-state index contributed by atoms with van der Waals surface area (Å²) in [4.78, 5) is 10.5. The third-order valence-corrected chi connectivity index (χ3v) is 5.80. The molecule has 1 aliphatic rings. The van der Waals surface area contributed by atoms with Crippen LogP contribution in [-0.4, -0.2) is 15.4 Å². The largest absolute Gasteiger partial charge is 0.478 e. The van der Waals surface area contributed by atoms with Crippen LogP contribution in [0.4, 0.5) is 0 Å². The number of carboxylic acids is 1. The maximum atomic E-state index is 10.5. The smallest absolute Gasteiger partial charge is 0.328 e. The van der Waals surface area contributed by atoms with Crippen molar-refractivity contribution in [2.24, 2.45) is 17.3 Å². The van der Waals surface area contributed by atoms with Gasteiger partial charge in [-0.25, -0.2) is 4.79 Å². The van der Waals surface area contributed by atoms with E-state index >= 15 is 0 Å². The molecule has 20 heavy (non-hydrogen) atoms. The normalized spacial score (nSPS) is 25.7. The Morgan fingerprint density at radius 3 is 2.40 bits per heavy atom. The molecule has 1 fully saturated rings. The van der Waals surface area contributed by atoms with Crippen molar-refractivity contribution < 1.29 is 9.90 Å². The highest BCUT2D eigenvalue weighted by Gasteiger charge is 2.69. The monoisotopic (exact) mass is 318 g/mol. The molecule has 0 bridgehead atoms. The van der Waals surface area contributed by atoms with Crippen LogP contribution in [0.25, 0.3) is 0 Å². The molecule has 2 nitrogen and oxygen atoms in total. The zero-order chi connectivity index (χ0) is 15.6. The molecule has 2 unspecified atom stereocenters. The summed E-state index contributed by atoms with van der Waals surface area (Å²) in [6.07, 6.45) is 8.17. The molecule has 1 N–H and O–H groups in total. The Labute approximate surface area is 131 Å². The molecule has 0 spiro atoms. The molecule has 0 aliphatic heterocycles. The number of allylic oxidation sites excluding steroid dienone is 3. The molecule has 0 heterocycles. The van der Waals surface area contributed by atoms with Gasteiger partial charge in [0.1, 0.15) is 4.33 Å². The van der Waals surface area contributed by atoms with Gasteiger partial charge >= 0.3 is 5.97 Å². The molecule has 0 aromatic carbocycles. The third kappa shape index (κ3) is 4.26. The topological polar surface area (TPSA) is 37.3 Å². The maximum absolute atomic E-state index is 10.5. The Morgan fingerprint density at radius 2 is 1.95 bits per heavy atom. The van der Waals surface area contributed by atoms with E-state index < -0.39 is 10.3 Å². The maximum Gasteiger partial charge on any atom is 0.328 e. The SMILES string of the molecule is CC(/C=C/CC(C)CCC1C(C)(C)C1(Cl)Cl)=C\C(=O)O. The molecule has 4 heteroatoms. The van der Waals surface area contributed by atoms with E-state index in [4.69, 9.17) is 28.3 Å². The number of hydrogen-bond donors (Lipinski definition) is 1. The Kier molecular flexibility index (Phi) is 5.74. The predicted octanol–water partition coefficient (Wildman–Crippen LogP) is 5.21. The number of carboxylic acid groups (broad SMARTS) is 1. The molecule has 0 radical (unpaired) electrons. The van der Waals surface area contributed by atoms with Gasteiger partial charge in [0.25, 0.3) is 0 Å². The lowest BCUT2D eigenvalue weighted by atomic mass is 9.97. The van der Waals surface area contributed by atoms with Gasteiger partial charge < -0.3 is 5.11 Å². The lowest BCUT2D eigenvalue weighted by Crippen LogP contribution is -1.97. The van der Waals surface area contributed by atoms with Crippen LogP contribution in [0.3, 0.4) is 0 Å². The average Bonchev–Trinajstić information content (AvgIpc) is 2.65. The van der Waals surface area contributed by atoms with Crippen molar-refractivity contribution >= 4 is 29.2 Å². The second kappa shape index (κ2) is 6.53. The number of carbonyl (C=O) groups is 1. The first-order valence-electron chi connectivity index (χ1n) is 7.04. The second-order valence-electron chi connectivity index (χ2n) is 6.44. The van der Waals surface area contributed by atoms with Gasteiger partial charge in [0, 0.05) is 17.4 Å². The summed E-state index contributed by atoms with van der Waals surface area (Å²) in [5.74, 6) is 0.0135. The average molecular weight is 319 g/mol. The Morgan fingerprint density at radius 1 is 1.40 bits per heavy atom. The van der Waals surface area contributed by atoms with Gasteiger partial charge in [-0.2, -0.15) is 0 Å². The first kappa shape index (κ1) is 17.6. The van der Waals surface area contributed by atoms with E-state index in [1.54, 1.807) is 6.92 Å². The molecular formula is C16H24Cl2O2. The van der Waals surface area contributed by atoms with Crippen molar-refractivity contribution in [3.63, 3.8) is 0 Å². The molecule has 0 aromatic heterocycles. The number of hydrogen-bond acceptors (Lipinski definition) is 1. The Hall–Kier alpha value is -0.470. The highest BCUT2D eigenvalue weighted by Crippen LogP contribution is 2.70. The fourth-order valence-electron chi connectivity index (χ4n) is 2.60. The summed E-state index contributed by atoms with van der Waals surface area (Å²) in [7, 11) is 0. The lowest BCUT2D eigenvalue weighted by molar-refractivity contribution is -0.131. The van der Waals surface area contributed by atoms with E-state index in [1.807, 2.05) is 12.2 Å². The van der Waals surface area contributed by atoms with Gasteiger partial charge in [0.2, 0.25) is 0 Å². The minimum atomic E-state index is -0.906. The van der Waals surface area contributed by atoms with Gasteiger partial charge in [-0.3, -0.25) is 0 Å². The summed E-state index contributed by atoms with van der Waals surface area (Å²) in [6.45, 7) is 8.21. The lowest BCUT2D eigenvalue weighted by Gasteiger charge is -2.08. The van der Waals surface area contributed by atoms with E-state index in [2.05, 4.69) is 20.8 Å². The van der Waals surface area contributed by atoms with E-state index in [1.165, 1.54) is 6.08 Å². The van der Waals surface area contributed by atoms with Crippen LogP contribution >= 0.6 is 23.2 Å². The molecule has 0 aromatic rings. The minimum absolute atomic E-state index is 0.0203. The van der Waals surface area contributed by atoms with Crippen molar-refractivity contribution in [1.29, 1.82) is 0 Å². The molecule has 0 amide bonds. The predicted molar refractivity (Wildman–Crippen MR) is 85.3 cm³/mol. The minimum Gasteiger partial charge on any atom is -0.478 e. The summed E-state index contributed by atoms with van der Waals surface area (Å²) < 4.78 is -0.566. The van der Waals surface area contributed by atoms with Gasteiger partial charge in [-0.05, 0) is 31.3 Å². The highest BCUT2D eigenvalue weighted by molar-refractivity contribution is 6.51. The first-order chi connectivity index (χ1) is 9.09. The molecule has 2 atom stereocenters. The number of rotatable bonds is 7. The molecule has 114 valence electrons. The van der Waals surface area contributed by atoms with Crippen LogP contribution in [0.1, 0.15) is 47.0 Å². The van der Waals surface area contributed by atoms with Crippen LogP contribution < -0.4 is 0 Å². The van der Waals surface area contributed by atoms with E-state index in [-0.39, 0.29) is 5.41 Å². The van der Waals surface area contributed by atoms with Crippen molar-refractivity contribution in [3.05, 3.63) is 23.8 Å². The van der Waals surface area contributed by atoms with Crippen molar-refractivity contribution in [2.75, 3.05) is 0 Å². The van der Waals surface area contributed by atoms with Gasteiger partial charge in [-0.1, -0.05) is 39.3 Å². The van der Waals surface area contributed by atoms with Crippen molar-refractivity contribution in [3.8, 4) is 0 Å². The number of halogens is 2. The fraction of sp³-hybridized carbons (Fsp3) is 0.688. The van der Waals surface area contributed by atoms with Crippen LogP contribution in [-0.2, 0) is 4.79 Å².